The molecule has 5 nitrogen and oxygen atoms in total. The molecule has 2 saturated carbocycles. The summed E-state index contributed by atoms with van der Waals surface area (Å²) in [6.45, 7) is 0. The van der Waals surface area contributed by atoms with E-state index in [4.69, 9.17) is 0 Å². The van der Waals surface area contributed by atoms with Crippen molar-refractivity contribution >= 4 is 11.0 Å². The van der Waals surface area contributed by atoms with Crippen LogP contribution in [0.2, 0.25) is 0 Å². The Kier molecular flexibility index (Phi) is 1.45. The molecule has 2 N–H and O–H groups in total. The van der Waals surface area contributed by atoms with Crippen LogP contribution >= 0.6 is 0 Å². The van der Waals surface area contributed by atoms with Gasteiger partial charge in [0.25, 0.3) is 0 Å². The fourth-order valence-electron chi connectivity index (χ4n) is 2.13. The summed E-state index contributed by atoms with van der Waals surface area (Å²) in [6, 6.07) is 0. The summed E-state index contributed by atoms with van der Waals surface area (Å²) < 4.78 is 0. The highest BCUT2D eigenvalue weighted by Gasteiger charge is 2.32. The van der Waals surface area contributed by atoms with Crippen LogP contribution in [0.25, 0.3) is 11.0 Å². The highest BCUT2D eigenvalue weighted by molar-refractivity contribution is 5.83. The largest absolute Gasteiger partial charge is 0.493 e. The highest BCUT2D eigenvalue weighted by atomic mass is 16.3. The second kappa shape index (κ2) is 2.72. The van der Waals surface area contributed by atoms with Gasteiger partial charge in [0.2, 0.25) is 5.88 Å². The number of aromatic amines is 1. The normalized spacial score (nSPS) is 20.5. The molecule has 16 heavy (non-hydrogen) atoms. The van der Waals surface area contributed by atoms with Crippen LogP contribution in [0, 0.1) is 0 Å². The third kappa shape index (κ3) is 1.14. The first-order valence-corrected chi connectivity index (χ1v) is 5.78. The number of hydrogen-bond donors (Lipinski definition) is 2. The van der Waals surface area contributed by atoms with Gasteiger partial charge in [-0.3, -0.25) is 5.10 Å². The number of nitrogens with one attached hydrogen (secondary N) is 1. The summed E-state index contributed by atoms with van der Waals surface area (Å²) in [6.07, 6.45) is 4.58. The molecule has 0 radical (unpaired) electrons. The summed E-state index contributed by atoms with van der Waals surface area (Å²) >= 11 is 0. The van der Waals surface area contributed by atoms with E-state index in [-0.39, 0.29) is 5.88 Å². The van der Waals surface area contributed by atoms with E-state index >= 15 is 0 Å². The van der Waals surface area contributed by atoms with Crippen molar-refractivity contribution in [2.24, 2.45) is 0 Å². The average Bonchev–Trinajstić information content (AvgIpc) is 3.15. The molecule has 0 aliphatic heterocycles. The first-order valence-electron chi connectivity index (χ1n) is 5.78. The van der Waals surface area contributed by atoms with Gasteiger partial charge in [-0.25, -0.2) is 4.98 Å². The Morgan fingerprint density at radius 3 is 2.50 bits per heavy atom. The summed E-state index contributed by atoms with van der Waals surface area (Å²) in [5.74, 6) is 1.80. The van der Waals surface area contributed by atoms with Crippen molar-refractivity contribution < 1.29 is 5.11 Å². The van der Waals surface area contributed by atoms with E-state index in [0.29, 0.717) is 17.5 Å². The van der Waals surface area contributed by atoms with Crippen molar-refractivity contribution in [2.75, 3.05) is 0 Å². The second-order valence-electron chi connectivity index (χ2n) is 4.79. The van der Waals surface area contributed by atoms with Crippen molar-refractivity contribution in [3.63, 3.8) is 0 Å². The zero-order valence-corrected chi connectivity index (χ0v) is 8.77. The molecule has 5 heteroatoms. The Morgan fingerprint density at radius 2 is 1.81 bits per heavy atom. The Bertz CT molecular complexity index is 569. The van der Waals surface area contributed by atoms with E-state index in [1.807, 2.05) is 0 Å². The van der Waals surface area contributed by atoms with Gasteiger partial charge < -0.3 is 5.11 Å². The van der Waals surface area contributed by atoms with Crippen molar-refractivity contribution in [3.8, 4) is 5.88 Å². The molecule has 82 valence electrons. The van der Waals surface area contributed by atoms with Crippen LogP contribution in [-0.4, -0.2) is 25.3 Å². The Morgan fingerprint density at radius 1 is 1.06 bits per heavy atom. The van der Waals surface area contributed by atoms with Gasteiger partial charge in [0.1, 0.15) is 11.2 Å². The summed E-state index contributed by atoms with van der Waals surface area (Å²) in [5, 5.41) is 17.9. The first kappa shape index (κ1) is 8.50. The molecule has 0 atom stereocenters. The molecular weight excluding hydrogens is 204 g/mol. The summed E-state index contributed by atoms with van der Waals surface area (Å²) in [7, 11) is 0. The lowest BCUT2D eigenvalue weighted by Crippen LogP contribution is -1.93. The fraction of sp³-hybridized carbons (Fsp3) is 0.545. The first-order chi connectivity index (χ1) is 7.83. The topological polar surface area (TPSA) is 74.7 Å². The average molecular weight is 216 g/mol. The van der Waals surface area contributed by atoms with Crippen LogP contribution in [0.1, 0.15) is 49.0 Å². The van der Waals surface area contributed by atoms with Crippen molar-refractivity contribution in [1.82, 2.24) is 20.2 Å². The molecule has 0 aromatic carbocycles. The third-order valence-corrected chi connectivity index (χ3v) is 3.35. The van der Waals surface area contributed by atoms with Gasteiger partial charge >= 0.3 is 0 Å². The quantitative estimate of drug-likeness (QED) is 0.802. The number of aromatic hydroxyl groups is 1. The molecule has 2 fully saturated rings. The maximum atomic E-state index is 9.96. The molecule has 2 heterocycles. The minimum Gasteiger partial charge on any atom is -0.493 e. The minimum atomic E-state index is 0.0996. The molecule has 2 aromatic rings. The maximum absolute atomic E-state index is 9.96. The van der Waals surface area contributed by atoms with E-state index in [2.05, 4.69) is 20.2 Å². The zero-order chi connectivity index (χ0) is 10.7. The predicted molar refractivity (Wildman–Crippen MR) is 57.3 cm³/mol. The van der Waals surface area contributed by atoms with E-state index < -0.39 is 0 Å². The second-order valence-corrected chi connectivity index (χ2v) is 4.79. The summed E-state index contributed by atoms with van der Waals surface area (Å²) in [4.78, 5) is 8.63. The number of fused-ring (bicyclic) bond motifs is 1. The van der Waals surface area contributed by atoms with Crippen molar-refractivity contribution in [2.45, 2.75) is 37.5 Å². The van der Waals surface area contributed by atoms with Gasteiger partial charge in [-0.05, 0) is 25.7 Å². The molecule has 2 aliphatic carbocycles. The van der Waals surface area contributed by atoms with Crippen LogP contribution in [0.3, 0.4) is 0 Å². The number of H-pyrrole nitrogens is 1. The number of aromatic nitrogens is 4. The predicted octanol–water partition coefficient (Wildman–Crippen LogP) is 1.81. The Hall–Kier alpha value is -1.65. The van der Waals surface area contributed by atoms with Crippen molar-refractivity contribution in [1.29, 1.82) is 0 Å². The lowest BCUT2D eigenvalue weighted by molar-refractivity contribution is 0.456. The van der Waals surface area contributed by atoms with Crippen LogP contribution < -0.4 is 0 Å². The molecule has 2 aliphatic rings. The molecule has 0 amide bonds. The fourth-order valence-corrected chi connectivity index (χ4v) is 2.13. The molecule has 0 spiro atoms. The van der Waals surface area contributed by atoms with E-state index in [9.17, 15) is 5.11 Å². The van der Waals surface area contributed by atoms with Gasteiger partial charge in [-0.2, -0.15) is 10.1 Å². The van der Waals surface area contributed by atoms with Gasteiger partial charge in [-0.1, -0.05) is 0 Å². The number of nitrogens with zero attached hydrogens (tertiary/aromatic N) is 3. The molecule has 0 bridgehead atoms. The van der Waals surface area contributed by atoms with Gasteiger partial charge in [0.15, 0.2) is 5.65 Å². The SMILES string of the molecule is Oc1nc(C2CC2)nc2[nH]nc(C3CC3)c12. The monoisotopic (exact) mass is 216 g/mol. The summed E-state index contributed by atoms with van der Waals surface area (Å²) in [5.41, 5.74) is 1.63. The molecule has 4 rings (SSSR count). The lowest BCUT2D eigenvalue weighted by Gasteiger charge is -2.00. The minimum absolute atomic E-state index is 0.0996. The standard InChI is InChI=1S/C11H12N4O/c16-11-7-8(5-1-2-5)14-15-10(7)12-9(13-11)6-3-4-6/h5-6H,1-4H2,(H2,12,13,14,15,16). The smallest absolute Gasteiger partial charge is 0.225 e. The molecular formula is C11H12N4O. The highest BCUT2D eigenvalue weighted by Crippen LogP contribution is 2.44. The number of hydrogen-bond acceptors (Lipinski definition) is 4. The van der Waals surface area contributed by atoms with Crippen LogP contribution in [0.15, 0.2) is 0 Å². The van der Waals surface area contributed by atoms with Gasteiger partial charge in [0.05, 0.1) is 5.69 Å². The molecule has 0 saturated heterocycles. The van der Waals surface area contributed by atoms with Crippen molar-refractivity contribution in [3.05, 3.63) is 11.5 Å². The van der Waals surface area contributed by atoms with Crippen LogP contribution in [0.5, 0.6) is 5.88 Å². The molecule has 2 aromatic heterocycles. The van der Waals surface area contributed by atoms with Crippen LogP contribution in [-0.2, 0) is 0 Å². The Balaban J connectivity index is 1.94. The van der Waals surface area contributed by atoms with Crippen LogP contribution in [0.4, 0.5) is 0 Å². The number of rotatable bonds is 2. The zero-order valence-electron chi connectivity index (χ0n) is 8.77. The third-order valence-electron chi connectivity index (χ3n) is 3.35. The lowest BCUT2D eigenvalue weighted by atomic mass is 10.2. The van der Waals surface area contributed by atoms with E-state index in [1.54, 1.807) is 0 Å². The molecule has 0 unspecified atom stereocenters. The van der Waals surface area contributed by atoms with Gasteiger partial charge in [-0.15, -0.1) is 0 Å². The van der Waals surface area contributed by atoms with Gasteiger partial charge in [0, 0.05) is 11.8 Å². The van der Waals surface area contributed by atoms with E-state index in [0.717, 1.165) is 42.6 Å². The van der Waals surface area contributed by atoms with E-state index in [1.165, 1.54) is 0 Å². The maximum Gasteiger partial charge on any atom is 0.225 e. The Labute approximate surface area is 91.9 Å².